The fourth-order valence-electron chi connectivity index (χ4n) is 3.93. The molecular weight excluding hydrogens is 504 g/mol. The molecule has 0 fully saturated rings. The van der Waals surface area contributed by atoms with Gasteiger partial charge in [0.05, 0.1) is 12.9 Å². The Morgan fingerprint density at radius 2 is 1.68 bits per heavy atom. The van der Waals surface area contributed by atoms with Crippen LogP contribution in [-0.4, -0.2) is 42.2 Å². The summed E-state index contributed by atoms with van der Waals surface area (Å²) in [6.07, 6.45) is 2.30. The summed E-state index contributed by atoms with van der Waals surface area (Å²) in [5.41, 5.74) is 2.92. The Labute approximate surface area is 229 Å². The zero-order valence-electron chi connectivity index (χ0n) is 21.5. The third-order valence-electron chi connectivity index (χ3n) is 6.05. The lowest BCUT2D eigenvalue weighted by atomic mass is 10.0. The number of thioether (sulfide) groups is 1. The van der Waals surface area contributed by atoms with Crippen LogP contribution in [0.3, 0.4) is 0 Å². The first-order valence-corrected chi connectivity index (χ1v) is 14.1. The third-order valence-corrected chi connectivity index (χ3v) is 7.41. The Hall–Kier alpha value is -2.96. The number of unbranched alkanes of at least 4 members (excludes halogenated alkanes) is 1. The van der Waals surface area contributed by atoms with E-state index in [-0.39, 0.29) is 24.1 Å². The van der Waals surface area contributed by atoms with Gasteiger partial charge in [-0.1, -0.05) is 85.6 Å². The van der Waals surface area contributed by atoms with Crippen LogP contribution in [0.15, 0.2) is 78.9 Å². The van der Waals surface area contributed by atoms with Gasteiger partial charge in [-0.3, -0.25) is 9.59 Å². The van der Waals surface area contributed by atoms with Crippen molar-refractivity contribution < 1.29 is 14.3 Å². The quantitative estimate of drug-likeness (QED) is 0.250. The van der Waals surface area contributed by atoms with Gasteiger partial charge in [0.25, 0.3) is 0 Å². The number of carbonyl (C=O) groups excluding carboxylic acids is 2. The van der Waals surface area contributed by atoms with Crippen molar-refractivity contribution in [2.24, 2.45) is 0 Å². The Bertz CT molecular complexity index is 1130. The normalized spacial score (nSPS) is 11.5. The first kappa shape index (κ1) is 28.6. The van der Waals surface area contributed by atoms with Gasteiger partial charge >= 0.3 is 0 Å². The lowest BCUT2D eigenvalue weighted by Crippen LogP contribution is -2.51. The van der Waals surface area contributed by atoms with Gasteiger partial charge in [-0.05, 0) is 41.3 Å². The van der Waals surface area contributed by atoms with Crippen LogP contribution in [0.4, 0.5) is 0 Å². The second kappa shape index (κ2) is 15.3. The van der Waals surface area contributed by atoms with E-state index in [0.717, 1.165) is 35.3 Å². The van der Waals surface area contributed by atoms with Gasteiger partial charge in [0.1, 0.15) is 11.8 Å². The maximum absolute atomic E-state index is 13.7. The molecule has 5 nitrogen and oxygen atoms in total. The fourth-order valence-corrected chi connectivity index (χ4v) is 5.00. The van der Waals surface area contributed by atoms with E-state index in [4.69, 9.17) is 16.3 Å². The summed E-state index contributed by atoms with van der Waals surface area (Å²) in [6.45, 7) is 2.93. The van der Waals surface area contributed by atoms with Gasteiger partial charge in [-0.25, -0.2) is 0 Å². The van der Waals surface area contributed by atoms with E-state index in [1.165, 1.54) is 11.8 Å². The Balaban J connectivity index is 1.81. The SMILES string of the molecule is CCCCNC(=O)[C@H](Cc1ccccc1)N(Cc1ccccc1Cl)C(=O)CSCc1ccc(OC)cc1. The number of methoxy groups -OCH3 is 1. The second-order valence-corrected chi connectivity index (χ2v) is 10.2. The predicted octanol–water partition coefficient (Wildman–Crippen LogP) is 6.14. The molecular formula is C30H35ClN2O3S. The van der Waals surface area contributed by atoms with Crippen LogP contribution < -0.4 is 10.1 Å². The molecule has 0 aromatic heterocycles. The Morgan fingerprint density at radius 1 is 0.973 bits per heavy atom. The van der Waals surface area contributed by atoms with Crippen molar-refractivity contribution in [3.8, 4) is 5.75 Å². The maximum atomic E-state index is 13.7. The van der Waals surface area contributed by atoms with Gasteiger partial charge in [0.15, 0.2) is 0 Å². The maximum Gasteiger partial charge on any atom is 0.243 e. The second-order valence-electron chi connectivity index (χ2n) is 8.80. The molecule has 3 rings (SSSR count). The van der Waals surface area contributed by atoms with Crippen LogP contribution in [-0.2, 0) is 28.3 Å². The number of rotatable bonds is 14. The number of carbonyl (C=O) groups is 2. The summed E-state index contributed by atoms with van der Waals surface area (Å²) < 4.78 is 5.23. The van der Waals surface area contributed by atoms with E-state index in [1.54, 1.807) is 12.0 Å². The summed E-state index contributed by atoms with van der Waals surface area (Å²) in [7, 11) is 1.64. The van der Waals surface area contributed by atoms with Crippen molar-refractivity contribution in [1.29, 1.82) is 0 Å². The highest BCUT2D eigenvalue weighted by Crippen LogP contribution is 2.22. The van der Waals surface area contributed by atoms with Crippen LogP contribution in [0.1, 0.15) is 36.5 Å². The zero-order chi connectivity index (χ0) is 26.5. The van der Waals surface area contributed by atoms with Crippen molar-refractivity contribution >= 4 is 35.2 Å². The van der Waals surface area contributed by atoms with Gasteiger partial charge in [0.2, 0.25) is 11.8 Å². The molecule has 0 aliphatic carbocycles. The summed E-state index contributed by atoms with van der Waals surface area (Å²) in [5, 5.41) is 3.63. The smallest absolute Gasteiger partial charge is 0.243 e. The van der Waals surface area contributed by atoms with E-state index < -0.39 is 6.04 Å². The molecule has 0 aliphatic rings. The monoisotopic (exact) mass is 538 g/mol. The van der Waals surface area contributed by atoms with Crippen molar-refractivity contribution in [3.05, 3.63) is 101 Å². The average Bonchev–Trinajstić information content (AvgIpc) is 2.92. The number of benzene rings is 3. The van der Waals surface area contributed by atoms with Crippen LogP contribution in [0.5, 0.6) is 5.75 Å². The number of nitrogens with zero attached hydrogens (tertiary/aromatic N) is 1. The number of hydrogen-bond acceptors (Lipinski definition) is 4. The summed E-state index contributed by atoms with van der Waals surface area (Å²) in [5.74, 6) is 1.50. The Kier molecular flexibility index (Phi) is 11.9. The Morgan fingerprint density at radius 3 is 2.35 bits per heavy atom. The van der Waals surface area contributed by atoms with Gasteiger partial charge in [-0.2, -0.15) is 0 Å². The number of ether oxygens (including phenoxy) is 1. The molecule has 0 aliphatic heterocycles. The number of nitrogens with one attached hydrogen (secondary N) is 1. The van der Waals surface area contributed by atoms with E-state index >= 15 is 0 Å². The molecule has 3 aromatic carbocycles. The number of amides is 2. The van der Waals surface area contributed by atoms with E-state index in [1.807, 2.05) is 78.9 Å². The summed E-state index contributed by atoms with van der Waals surface area (Å²) in [4.78, 5) is 28.8. The van der Waals surface area contributed by atoms with Crippen molar-refractivity contribution in [2.75, 3.05) is 19.4 Å². The van der Waals surface area contributed by atoms with Crippen LogP contribution in [0, 0.1) is 0 Å². The molecule has 7 heteroatoms. The summed E-state index contributed by atoms with van der Waals surface area (Å²) in [6, 6.07) is 24.5. The van der Waals surface area contributed by atoms with E-state index in [2.05, 4.69) is 12.2 Å². The minimum Gasteiger partial charge on any atom is -0.497 e. The predicted molar refractivity (Wildman–Crippen MR) is 153 cm³/mol. The molecule has 2 amide bonds. The van der Waals surface area contributed by atoms with Gasteiger partial charge in [0, 0.05) is 30.3 Å². The third kappa shape index (κ3) is 9.13. The molecule has 0 heterocycles. The van der Waals surface area contributed by atoms with Crippen LogP contribution in [0.2, 0.25) is 5.02 Å². The summed E-state index contributed by atoms with van der Waals surface area (Å²) >= 11 is 8.01. The molecule has 0 spiro atoms. The van der Waals surface area contributed by atoms with Gasteiger partial charge < -0.3 is 15.0 Å². The fraction of sp³-hybridized carbons (Fsp3) is 0.333. The standard InChI is InChI=1S/C30H35ClN2O3S/c1-3-4-18-32-30(35)28(19-23-10-6-5-7-11-23)33(20-25-12-8-9-13-27(25)31)29(34)22-37-21-24-14-16-26(36-2)17-15-24/h5-17,28H,3-4,18-22H2,1-2H3,(H,32,35)/t28-/m0/s1. The largest absolute Gasteiger partial charge is 0.497 e. The molecule has 3 aromatic rings. The molecule has 1 atom stereocenters. The van der Waals surface area contributed by atoms with Crippen molar-refractivity contribution in [3.63, 3.8) is 0 Å². The van der Waals surface area contributed by atoms with Crippen molar-refractivity contribution in [2.45, 2.75) is 44.5 Å². The van der Waals surface area contributed by atoms with Gasteiger partial charge in [-0.15, -0.1) is 11.8 Å². The van der Waals surface area contributed by atoms with Crippen LogP contribution >= 0.6 is 23.4 Å². The number of halogens is 1. The highest BCUT2D eigenvalue weighted by molar-refractivity contribution is 7.99. The molecule has 0 unspecified atom stereocenters. The van der Waals surface area contributed by atoms with E-state index in [9.17, 15) is 9.59 Å². The topological polar surface area (TPSA) is 58.6 Å². The molecule has 196 valence electrons. The lowest BCUT2D eigenvalue weighted by molar-refractivity contribution is -0.139. The van der Waals surface area contributed by atoms with Crippen LogP contribution in [0.25, 0.3) is 0 Å². The lowest BCUT2D eigenvalue weighted by Gasteiger charge is -2.32. The molecule has 0 bridgehead atoms. The minimum atomic E-state index is -0.649. The first-order valence-electron chi connectivity index (χ1n) is 12.6. The molecule has 37 heavy (non-hydrogen) atoms. The molecule has 0 saturated carbocycles. The highest BCUT2D eigenvalue weighted by atomic mass is 35.5. The first-order chi connectivity index (χ1) is 18.0. The minimum absolute atomic E-state index is 0.0926. The van der Waals surface area contributed by atoms with E-state index in [0.29, 0.717) is 23.7 Å². The highest BCUT2D eigenvalue weighted by Gasteiger charge is 2.30. The molecule has 0 saturated heterocycles. The zero-order valence-corrected chi connectivity index (χ0v) is 23.1. The molecule has 0 radical (unpaired) electrons. The van der Waals surface area contributed by atoms with Crippen molar-refractivity contribution in [1.82, 2.24) is 10.2 Å². The molecule has 1 N–H and O–H groups in total. The number of hydrogen-bond donors (Lipinski definition) is 1. The average molecular weight is 539 g/mol.